The molecule has 1 aliphatic rings. The maximum atomic E-state index is 6.22. The molecule has 0 saturated heterocycles. The zero-order valence-corrected chi connectivity index (χ0v) is 13.3. The largest absolute Gasteiger partial charge is 0.363 e. The molecule has 4 heteroatoms. The van der Waals surface area contributed by atoms with E-state index in [1.807, 2.05) is 19.1 Å². The monoisotopic (exact) mass is 330 g/mol. The minimum atomic E-state index is 0.0203. The van der Waals surface area contributed by atoms with Crippen molar-refractivity contribution in [2.24, 2.45) is 5.92 Å². The molecule has 1 fully saturated rings. The van der Waals surface area contributed by atoms with Crippen molar-refractivity contribution in [3.8, 4) is 0 Å². The summed E-state index contributed by atoms with van der Waals surface area (Å²) in [5, 5.41) is 3.58. The van der Waals surface area contributed by atoms with Crippen molar-refractivity contribution < 1.29 is 0 Å². The summed E-state index contributed by atoms with van der Waals surface area (Å²) in [6.45, 7) is 4.31. The Hall–Kier alpha value is -0.280. The lowest BCUT2D eigenvalue weighted by molar-refractivity contribution is 0.279. The van der Waals surface area contributed by atoms with Crippen molar-refractivity contribution in [2.45, 2.75) is 45.1 Å². The van der Waals surface area contributed by atoms with Crippen LogP contribution in [0.2, 0.25) is 0 Å². The van der Waals surface area contributed by atoms with Crippen LogP contribution >= 0.6 is 27.5 Å². The molecule has 0 amide bonds. The minimum absolute atomic E-state index is 0.0203. The maximum absolute atomic E-state index is 6.22. The summed E-state index contributed by atoms with van der Waals surface area (Å²) in [4.78, 5) is 4.57. The van der Waals surface area contributed by atoms with Crippen LogP contribution in [0.25, 0.3) is 0 Å². The van der Waals surface area contributed by atoms with Gasteiger partial charge in [-0.3, -0.25) is 0 Å². The standard InChI is InChI=1S/C14H20BrClN2/c1-10-4-3-7-14(8-10,9-16)18-13-6-5-12(15)11(2)17-13/h5-6,10H,3-4,7-9H2,1-2H3,(H,17,18). The Kier molecular flexibility index (Phi) is 4.54. The molecule has 2 nitrogen and oxygen atoms in total. The van der Waals surface area contributed by atoms with Crippen LogP contribution < -0.4 is 5.32 Å². The molecule has 18 heavy (non-hydrogen) atoms. The van der Waals surface area contributed by atoms with Gasteiger partial charge in [0.25, 0.3) is 0 Å². The lowest BCUT2D eigenvalue weighted by Gasteiger charge is -2.39. The summed E-state index contributed by atoms with van der Waals surface area (Å²) < 4.78 is 1.05. The molecular formula is C14H20BrClN2. The van der Waals surface area contributed by atoms with Gasteiger partial charge in [0.1, 0.15) is 5.82 Å². The molecule has 0 bridgehead atoms. The van der Waals surface area contributed by atoms with E-state index in [1.54, 1.807) is 0 Å². The van der Waals surface area contributed by atoms with Gasteiger partial charge in [0.2, 0.25) is 0 Å². The highest BCUT2D eigenvalue weighted by molar-refractivity contribution is 9.10. The van der Waals surface area contributed by atoms with Gasteiger partial charge in [-0.15, -0.1) is 11.6 Å². The second-order valence-corrected chi connectivity index (χ2v) is 6.63. The Bertz CT molecular complexity index is 424. The third-order valence-corrected chi connectivity index (χ3v) is 5.11. The first-order valence-corrected chi connectivity index (χ1v) is 7.85. The summed E-state index contributed by atoms with van der Waals surface area (Å²) in [5.41, 5.74) is 1.03. The fraction of sp³-hybridized carbons (Fsp3) is 0.643. The SMILES string of the molecule is Cc1nc(NC2(CCl)CCCC(C)C2)ccc1Br. The van der Waals surface area contributed by atoms with Crippen LogP contribution in [0.15, 0.2) is 16.6 Å². The summed E-state index contributed by atoms with van der Waals surface area (Å²) in [6.07, 6.45) is 4.83. The number of nitrogens with zero attached hydrogens (tertiary/aromatic N) is 1. The number of aromatic nitrogens is 1. The average molecular weight is 332 g/mol. The van der Waals surface area contributed by atoms with Crippen molar-refractivity contribution >= 4 is 33.3 Å². The molecule has 100 valence electrons. The lowest BCUT2D eigenvalue weighted by Crippen LogP contribution is -2.44. The average Bonchev–Trinajstić information content (AvgIpc) is 2.34. The van der Waals surface area contributed by atoms with E-state index in [1.165, 1.54) is 12.8 Å². The van der Waals surface area contributed by atoms with Crippen LogP contribution in [0.5, 0.6) is 0 Å². The fourth-order valence-electron chi connectivity index (χ4n) is 2.81. The zero-order valence-electron chi connectivity index (χ0n) is 11.0. The van der Waals surface area contributed by atoms with Gasteiger partial charge in [0.05, 0.1) is 11.2 Å². The molecule has 0 radical (unpaired) electrons. The predicted molar refractivity (Wildman–Crippen MR) is 81.4 cm³/mol. The molecule has 1 saturated carbocycles. The van der Waals surface area contributed by atoms with Crippen LogP contribution in [-0.4, -0.2) is 16.4 Å². The van der Waals surface area contributed by atoms with Gasteiger partial charge < -0.3 is 5.32 Å². The summed E-state index contributed by atoms with van der Waals surface area (Å²) >= 11 is 9.70. The third kappa shape index (κ3) is 3.18. The minimum Gasteiger partial charge on any atom is -0.363 e. The first-order valence-electron chi connectivity index (χ1n) is 6.52. The highest BCUT2D eigenvalue weighted by Crippen LogP contribution is 2.35. The summed E-state index contributed by atoms with van der Waals surface area (Å²) in [6, 6.07) is 4.06. The second-order valence-electron chi connectivity index (χ2n) is 5.50. The van der Waals surface area contributed by atoms with Gasteiger partial charge >= 0.3 is 0 Å². The molecule has 2 unspecified atom stereocenters. The number of aryl methyl sites for hydroxylation is 1. The Morgan fingerprint density at radius 2 is 2.33 bits per heavy atom. The zero-order chi connectivity index (χ0) is 13.2. The normalized spacial score (nSPS) is 28.1. The predicted octanol–water partition coefficient (Wildman–Crippen LogP) is 4.75. The molecule has 2 rings (SSSR count). The summed E-state index contributed by atoms with van der Waals surface area (Å²) in [5.74, 6) is 2.32. The van der Waals surface area contributed by atoms with Gasteiger partial charge in [-0.05, 0) is 53.7 Å². The number of alkyl halides is 1. The molecule has 1 aromatic heterocycles. The Morgan fingerprint density at radius 3 is 2.94 bits per heavy atom. The van der Waals surface area contributed by atoms with Gasteiger partial charge in [-0.2, -0.15) is 0 Å². The van der Waals surface area contributed by atoms with E-state index in [4.69, 9.17) is 11.6 Å². The number of rotatable bonds is 3. The van der Waals surface area contributed by atoms with Crippen LogP contribution in [0.4, 0.5) is 5.82 Å². The van der Waals surface area contributed by atoms with Crippen molar-refractivity contribution in [3.05, 3.63) is 22.3 Å². The van der Waals surface area contributed by atoms with Crippen LogP contribution in [0, 0.1) is 12.8 Å². The van der Waals surface area contributed by atoms with Crippen LogP contribution in [0.1, 0.15) is 38.3 Å². The lowest BCUT2D eigenvalue weighted by atomic mass is 9.77. The van der Waals surface area contributed by atoms with Gasteiger partial charge in [-0.25, -0.2) is 4.98 Å². The fourth-order valence-corrected chi connectivity index (χ4v) is 3.34. The highest BCUT2D eigenvalue weighted by Gasteiger charge is 2.34. The Balaban J connectivity index is 2.16. The quantitative estimate of drug-likeness (QED) is 0.808. The second kappa shape index (κ2) is 5.79. The number of hydrogen-bond acceptors (Lipinski definition) is 2. The van der Waals surface area contributed by atoms with E-state index >= 15 is 0 Å². The topological polar surface area (TPSA) is 24.9 Å². The Labute approximate surface area is 123 Å². The Morgan fingerprint density at radius 1 is 1.56 bits per heavy atom. The first-order chi connectivity index (χ1) is 8.54. The molecule has 1 aromatic rings. The molecule has 2 atom stereocenters. The first kappa shape index (κ1) is 14.1. The molecule has 0 spiro atoms. The van der Waals surface area contributed by atoms with E-state index in [0.29, 0.717) is 5.88 Å². The third-order valence-electron chi connectivity index (χ3n) is 3.76. The smallest absolute Gasteiger partial charge is 0.126 e. The molecule has 1 N–H and O–H groups in total. The van der Waals surface area contributed by atoms with Crippen LogP contribution in [0.3, 0.4) is 0 Å². The number of halogens is 2. The van der Waals surface area contributed by atoms with Gasteiger partial charge in [-0.1, -0.05) is 19.8 Å². The molecular weight excluding hydrogens is 312 g/mol. The van der Waals surface area contributed by atoms with E-state index < -0.39 is 0 Å². The van der Waals surface area contributed by atoms with Crippen molar-refractivity contribution in [1.29, 1.82) is 0 Å². The molecule has 1 heterocycles. The van der Waals surface area contributed by atoms with Crippen molar-refractivity contribution in [2.75, 3.05) is 11.2 Å². The van der Waals surface area contributed by atoms with E-state index in [0.717, 1.165) is 34.7 Å². The van der Waals surface area contributed by atoms with Crippen LogP contribution in [-0.2, 0) is 0 Å². The summed E-state index contributed by atoms with van der Waals surface area (Å²) in [7, 11) is 0. The maximum Gasteiger partial charge on any atom is 0.126 e. The van der Waals surface area contributed by atoms with E-state index in [-0.39, 0.29) is 5.54 Å². The number of pyridine rings is 1. The van der Waals surface area contributed by atoms with Gasteiger partial charge in [0.15, 0.2) is 0 Å². The van der Waals surface area contributed by atoms with Crippen molar-refractivity contribution in [3.63, 3.8) is 0 Å². The number of anilines is 1. The van der Waals surface area contributed by atoms with E-state index in [2.05, 4.69) is 33.2 Å². The number of hydrogen-bond donors (Lipinski definition) is 1. The molecule has 1 aliphatic carbocycles. The van der Waals surface area contributed by atoms with Crippen molar-refractivity contribution in [1.82, 2.24) is 4.98 Å². The molecule has 0 aromatic carbocycles. The highest BCUT2D eigenvalue weighted by atomic mass is 79.9. The number of nitrogens with one attached hydrogen (secondary N) is 1. The van der Waals surface area contributed by atoms with Gasteiger partial charge in [0, 0.05) is 10.4 Å². The molecule has 0 aliphatic heterocycles. The van der Waals surface area contributed by atoms with E-state index in [9.17, 15) is 0 Å².